The van der Waals surface area contributed by atoms with Crippen molar-refractivity contribution in [1.82, 2.24) is 0 Å². The Morgan fingerprint density at radius 1 is 1.19 bits per heavy atom. The lowest BCUT2D eigenvalue weighted by molar-refractivity contribution is -0.306. The summed E-state index contributed by atoms with van der Waals surface area (Å²) in [4.78, 5) is 40.2. The van der Waals surface area contributed by atoms with E-state index in [2.05, 4.69) is 6.92 Å². The Morgan fingerprint density at radius 3 is 2.53 bits per heavy atom. The minimum Gasteiger partial charge on any atom is -0.481 e. The molecule has 1 saturated heterocycles. The molecule has 5 fully saturated rings. The molecule has 9 nitrogen and oxygen atoms in total. The lowest BCUT2D eigenvalue weighted by Crippen LogP contribution is -2.63. The number of hydrogen-bond acceptors (Lipinski definition) is 8. The Hall–Kier alpha value is -1.65. The van der Waals surface area contributed by atoms with E-state index in [0.29, 0.717) is 18.8 Å². The van der Waals surface area contributed by atoms with Crippen LogP contribution in [0.15, 0.2) is 11.6 Å². The molecule has 0 spiro atoms. The first-order chi connectivity index (χ1) is 17.1. The highest BCUT2D eigenvalue weighted by Crippen LogP contribution is 2.82. The molecular weight excluding hydrogens is 468 g/mol. The molecule has 0 aromatic carbocycles. The number of carbonyl (C=O) groups excluding carboxylic acids is 2. The fourth-order valence-electron chi connectivity index (χ4n) is 9.22. The standard InChI is InChI=1S/C27H38O9/c1-5-6-17-19(29)18-10-25(11-28)16-8-7-13(2)15(16)9-26(18,27(17,25)24(32)33)12-35-23-21(31)20(30)22(34-4)14(3)36-23/h6,11,13-16,18,20-23,30-31H,5,7-10,12H2,1-4H3,(H,32,33). The second-order valence-corrected chi connectivity index (χ2v) is 11.7. The normalized spacial score (nSPS) is 52.6. The molecule has 4 aliphatic carbocycles. The van der Waals surface area contributed by atoms with E-state index in [1.54, 1.807) is 13.0 Å². The maximum absolute atomic E-state index is 13.7. The van der Waals surface area contributed by atoms with Crippen LogP contribution in [0, 0.1) is 39.9 Å². The molecule has 0 aromatic heterocycles. The van der Waals surface area contributed by atoms with Crippen LogP contribution in [0.1, 0.15) is 52.9 Å². The van der Waals surface area contributed by atoms with Crippen LogP contribution in [-0.4, -0.2) is 77.8 Å². The molecule has 36 heavy (non-hydrogen) atoms. The fraction of sp³-hybridized carbons (Fsp3) is 0.815. The predicted octanol–water partition coefficient (Wildman–Crippen LogP) is 1.73. The number of aliphatic hydroxyl groups excluding tert-OH is 2. The summed E-state index contributed by atoms with van der Waals surface area (Å²) in [5.74, 6) is -1.72. The lowest BCUT2D eigenvalue weighted by Gasteiger charge is -2.57. The number of carbonyl (C=O) groups is 3. The summed E-state index contributed by atoms with van der Waals surface area (Å²) in [6.07, 6.45) is 0.145. The van der Waals surface area contributed by atoms with E-state index >= 15 is 0 Å². The van der Waals surface area contributed by atoms with Crippen molar-refractivity contribution in [3.05, 3.63) is 11.6 Å². The number of Topliss-reactive ketones (excluding diaryl/α,β-unsaturated/α-hetero) is 1. The number of aliphatic hydroxyl groups is 2. The molecule has 1 aliphatic heterocycles. The van der Waals surface area contributed by atoms with Crippen LogP contribution >= 0.6 is 0 Å². The third kappa shape index (κ3) is 2.86. The number of carboxylic acids is 1. The lowest BCUT2D eigenvalue weighted by atomic mass is 9.44. The van der Waals surface area contributed by atoms with Gasteiger partial charge in [0.1, 0.15) is 30.0 Å². The predicted molar refractivity (Wildman–Crippen MR) is 126 cm³/mol. The summed E-state index contributed by atoms with van der Waals surface area (Å²) in [6, 6.07) is 0. The van der Waals surface area contributed by atoms with Gasteiger partial charge in [-0.2, -0.15) is 0 Å². The van der Waals surface area contributed by atoms with Gasteiger partial charge in [-0.3, -0.25) is 9.59 Å². The van der Waals surface area contributed by atoms with Crippen LogP contribution in [0.5, 0.6) is 0 Å². The Morgan fingerprint density at radius 2 is 1.92 bits per heavy atom. The smallest absolute Gasteiger partial charge is 0.315 e. The van der Waals surface area contributed by atoms with Crippen LogP contribution in [0.4, 0.5) is 0 Å². The van der Waals surface area contributed by atoms with Crippen LogP contribution < -0.4 is 0 Å². The number of methoxy groups -OCH3 is 1. The van der Waals surface area contributed by atoms with Gasteiger partial charge in [-0.05, 0) is 50.4 Å². The summed E-state index contributed by atoms with van der Waals surface area (Å²) in [7, 11) is 1.42. The van der Waals surface area contributed by atoms with E-state index in [9.17, 15) is 29.7 Å². The van der Waals surface area contributed by atoms with Crippen molar-refractivity contribution >= 4 is 18.0 Å². The van der Waals surface area contributed by atoms with Gasteiger partial charge in [-0.1, -0.05) is 26.3 Å². The molecule has 0 radical (unpaired) electrons. The molecule has 3 N–H and O–H groups in total. The zero-order chi connectivity index (χ0) is 26.2. The number of rotatable bonds is 7. The molecule has 4 bridgehead atoms. The van der Waals surface area contributed by atoms with E-state index in [0.717, 1.165) is 19.1 Å². The molecule has 5 aliphatic rings. The van der Waals surface area contributed by atoms with E-state index in [4.69, 9.17) is 14.2 Å². The van der Waals surface area contributed by atoms with Crippen LogP contribution in [0.2, 0.25) is 0 Å². The van der Waals surface area contributed by atoms with E-state index in [1.807, 2.05) is 6.92 Å². The summed E-state index contributed by atoms with van der Waals surface area (Å²) in [5.41, 5.74) is -3.79. The first-order valence-corrected chi connectivity index (χ1v) is 13.2. The third-order valence-corrected chi connectivity index (χ3v) is 10.6. The Labute approximate surface area is 211 Å². The van der Waals surface area contributed by atoms with Gasteiger partial charge in [0.15, 0.2) is 12.1 Å². The first-order valence-electron chi connectivity index (χ1n) is 13.2. The van der Waals surface area contributed by atoms with Crippen molar-refractivity contribution in [2.24, 2.45) is 39.9 Å². The Balaban J connectivity index is 1.61. The highest BCUT2D eigenvalue weighted by atomic mass is 16.7. The van der Waals surface area contributed by atoms with Gasteiger partial charge in [-0.15, -0.1) is 0 Å². The summed E-state index contributed by atoms with van der Waals surface area (Å²) >= 11 is 0. The molecule has 200 valence electrons. The van der Waals surface area contributed by atoms with Gasteiger partial charge in [0.2, 0.25) is 0 Å². The Bertz CT molecular complexity index is 978. The molecule has 0 amide bonds. The number of aliphatic carboxylic acids is 1. The number of ketones is 1. The zero-order valence-corrected chi connectivity index (χ0v) is 21.4. The van der Waals surface area contributed by atoms with Gasteiger partial charge in [-0.25, -0.2) is 0 Å². The molecule has 9 heteroatoms. The van der Waals surface area contributed by atoms with Crippen LogP contribution in [-0.2, 0) is 28.6 Å². The maximum atomic E-state index is 13.7. The number of ether oxygens (including phenoxy) is 3. The summed E-state index contributed by atoms with van der Waals surface area (Å²) in [5, 5.41) is 32.2. The van der Waals surface area contributed by atoms with Gasteiger partial charge < -0.3 is 34.3 Å². The van der Waals surface area contributed by atoms with Gasteiger partial charge >= 0.3 is 5.97 Å². The number of allylic oxidation sites excluding steroid dienone is 1. The highest BCUT2D eigenvalue weighted by molar-refractivity contribution is 6.12. The van der Waals surface area contributed by atoms with Crippen molar-refractivity contribution in [1.29, 1.82) is 0 Å². The number of hydrogen-bond donors (Lipinski definition) is 3. The molecule has 12 unspecified atom stereocenters. The minimum atomic E-state index is -1.69. The van der Waals surface area contributed by atoms with Gasteiger partial charge in [0.05, 0.1) is 18.1 Å². The van der Waals surface area contributed by atoms with Crippen LogP contribution in [0.25, 0.3) is 0 Å². The third-order valence-electron chi connectivity index (χ3n) is 10.6. The number of carboxylic acid groups (broad SMARTS) is 1. The van der Waals surface area contributed by atoms with Crippen molar-refractivity contribution in [2.75, 3.05) is 13.7 Å². The molecule has 12 atom stereocenters. The SMILES string of the molecule is CCC=C1C(=O)C2CC3(C=O)C4CCC(C)C4CC2(COC2OC(C)C(OC)C(O)C2O)C13C(=O)O. The van der Waals surface area contributed by atoms with E-state index in [1.165, 1.54) is 7.11 Å². The first kappa shape index (κ1) is 26.0. The summed E-state index contributed by atoms with van der Waals surface area (Å²) in [6.45, 7) is 5.53. The van der Waals surface area contributed by atoms with E-state index in [-0.39, 0.29) is 36.2 Å². The van der Waals surface area contributed by atoms with Crippen LogP contribution in [0.3, 0.4) is 0 Å². The molecule has 4 saturated carbocycles. The van der Waals surface area contributed by atoms with Crippen molar-refractivity contribution in [3.8, 4) is 0 Å². The van der Waals surface area contributed by atoms with Crippen molar-refractivity contribution < 1.29 is 43.9 Å². The number of fused-ring (bicyclic) bond motifs is 2. The summed E-state index contributed by atoms with van der Waals surface area (Å²) < 4.78 is 17.2. The molecule has 0 aromatic rings. The average molecular weight is 507 g/mol. The monoisotopic (exact) mass is 506 g/mol. The second kappa shape index (κ2) is 8.70. The fourth-order valence-corrected chi connectivity index (χ4v) is 9.22. The van der Waals surface area contributed by atoms with Crippen molar-refractivity contribution in [2.45, 2.75) is 83.6 Å². The Kier molecular flexibility index (Phi) is 6.28. The molecule has 1 heterocycles. The minimum absolute atomic E-state index is 0.102. The number of aldehydes is 1. The second-order valence-electron chi connectivity index (χ2n) is 11.7. The topological polar surface area (TPSA) is 140 Å². The quantitative estimate of drug-likeness (QED) is 0.348. The molecule has 5 rings (SSSR count). The van der Waals surface area contributed by atoms with Crippen molar-refractivity contribution in [3.63, 3.8) is 0 Å². The highest BCUT2D eigenvalue weighted by Gasteiger charge is 2.87. The van der Waals surface area contributed by atoms with Gasteiger partial charge in [0, 0.05) is 24.0 Å². The zero-order valence-electron chi connectivity index (χ0n) is 21.4. The van der Waals surface area contributed by atoms with Gasteiger partial charge in [0.25, 0.3) is 0 Å². The van der Waals surface area contributed by atoms with E-state index < -0.39 is 58.8 Å². The largest absolute Gasteiger partial charge is 0.481 e. The average Bonchev–Trinajstić information content (AvgIpc) is 3.37. The molecular formula is C27H38O9. The maximum Gasteiger partial charge on any atom is 0.315 e.